The van der Waals surface area contributed by atoms with E-state index in [2.05, 4.69) is 0 Å². The highest BCUT2D eigenvalue weighted by atomic mass is 35.5. The van der Waals surface area contributed by atoms with Gasteiger partial charge in [0, 0.05) is 0 Å². The Morgan fingerprint density at radius 2 is 1.39 bits per heavy atom. The molecule has 1 saturated heterocycles. The maximum atomic E-state index is 13.6. The van der Waals surface area contributed by atoms with E-state index in [0.717, 1.165) is 9.80 Å². The van der Waals surface area contributed by atoms with Crippen molar-refractivity contribution in [2.75, 3.05) is 16.4 Å². The Bertz CT molecular complexity index is 1580. The molecule has 4 amide bonds. The summed E-state index contributed by atoms with van der Waals surface area (Å²) in [4.78, 5) is 42.7. The molecule has 0 N–H and O–H groups in total. The Hall–Kier alpha value is -4.95. The van der Waals surface area contributed by atoms with Crippen LogP contribution < -0.4 is 19.3 Å². The van der Waals surface area contributed by atoms with Gasteiger partial charge >= 0.3 is 6.03 Å². The van der Waals surface area contributed by atoms with E-state index in [-0.39, 0.29) is 35.3 Å². The molecule has 0 saturated carbocycles. The van der Waals surface area contributed by atoms with E-state index >= 15 is 0 Å². The smallest absolute Gasteiger partial charge is 0.343 e. The van der Waals surface area contributed by atoms with Gasteiger partial charge in [-0.25, -0.2) is 19.0 Å². The van der Waals surface area contributed by atoms with E-state index in [1.807, 2.05) is 0 Å². The Balaban J connectivity index is 1.55. The summed E-state index contributed by atoms with van der Waals surface area (Å²) in [6, 6.07) is 25.0. The molecule has 0 aromatic heterocycles. The molecule has 7 nitrogen and oxygen atoms in total. The predicted molar refractivity (Wildman–Crippen MR) is 155 cm³/mol. The number of anilines is 2. The van der Waals surface area contributed by atoms with E-state index in [0.29, 0.717) is 22.5 Å². The van der Waals surface area contributed by atoms with Crippen molar-refractivity contribution >= 4 is 46.9 Å². The van der Waals surface area contributed by atoms with Gasteiger partial charge in [-0.2, -0.15) is 0 Å². The number of amides is 4. The van der Waals surface area contributed by atoms with Gasteiger partial charge < -0.3 is 9.47 Å². The molecule has 4 aromatic carbocycles. The first-order chi connectivity index (χ1) is 19.9. The summed E-state index contributed by atoms with van der Waals surface area (Å²) in [5.74, 6) is -1.44. The molecule has 1 aliphatic rings. The second kappa shape index (κ2) is 12.1. The van der Waals surface area contributed by atoms with Crippen LogP contribution in [0.3, 0.4) is 0 Å². The lowest BCUT2D eigenvalue weighted by atomic mass is 10.0. The third kappa shape index (κ3) is 5.83. The number of hydrogen-bond acceptors (Lipinski definition) is 5. The highest BCUT2D eigenvalue weighted by molar-refractivity contribution is 6.46. The van der Waals surface area contributed by atoms with Crippen LogP contribution in [-0.2, 0) is 16.2 Å². The quantitative estimate of drug-likeness (QED) is 0.168. The van der Waals surface area contributed by atoms with Gasteiger partial charge in [0.15, 0.2) is 11.5 Å². The Morgan fingerprint density at radius 1 is 0.780 bits per heavy atom. The molecule has 206 valence electrons. The summed E-state index contributed by atoms with van der Waals surface area (Å²) in [5, 5.41) is 0.158. The van der Waals surface area contributed by atoms with Gasteiger partial charge in [0.1, 0.15) is 18.0 Å². The number of ether oxygens (including phenoxy) is 2. The molecule has 1 heterocycles. The fraction of sp³-hybridized carbons (Fsp3) is 0.0938. The molecule has 1 fully saturated rings. The first kappa shape index (κ1) is 27.6. The molecular weight excluding hydrogens is 547 g/mol. The van der Waals surface area contributed by atoms with Gasteiger partial charge in [0.2, 0.25) is 0 Å². The normalized spacial score (nSPS) is 13.4. The zero-order valence-electron chi connectivity index (χ0n) is 21.9. The van der Waals surface area contributed by atoms with Crippen LogP contribution in [0.25, 0.3) is 6.08 Å². The van der Waals surface area contributed by atoms with Gasteiger partial charge in [-0.3, -0.25) is 9.59 Å². The van der Waals surface area contributed by atoms with Crippen molar-refractivity contribution < 1.29 is 28.2 Å². The Kier molecular flexibility index (Phi) is 8.12. The molecule has 4 aromatic rings. The monoisotopic (exact) mass is 570 g/mol. The molecule has 0 aliphatic carbocycles. The number of barbiturate groups is 1. The molecule has 0 atom stereocenters. The average Bonchev–Trinajstić information content (AvgIpc) is 2.96. The summed E-state index contributed by atoms with van der Waals surface area (Å²) < 4.78 is 25.2. The van der Waals surface area contributed by atoms with Gasteiger partial charge in [0.25, 0.3) is 11.8 Å². The van der Waals surface area contributed by atoms with E-state index in [1.165, 1.54) is 24.3 Å². The summed E-state index contributed by atoms with van der Waals surface area (Å²) in [6.45, 7) is 2.10. The lowest BCUT2D eigenvalue weighted by Gasteiger charge is -2.34. The van der Waals surface area contributed by atoms with Crippen molar-refractivity contribution in [3.8, 4) is 11.5 Å². The van der Waals surface area contributed by atoms with E-state index < -0.39 is 23.7 Å². The number of hydrogen-bond donors (Lipinski definition) is 0. The number of imide groups is 2. The van der Waals surface area contributed by atoms with Crippen LogP contribution in [-0.4, -0.2) is 24.5 Å². The number of urea groups is 1. The summed E-state index contributed by atoms with van der Waals surface area (Å²) in [7, 11) is 0. The topological polar surface area (TPSA) is 76.2 Å². The minimum absolute atomic E-state index is 0.0369. The second-order valence-electron chi connectivity index (χ2n) is 8.97. The van der Waals surface area contributed by atoms with Crippen LogP contribution in [0, 0.1) is 5.82 Å². The summed E-state index contributed by atoms with van der Waals surface area (Å²) in [6.07, 6.45) is 1.37. The van der Waals surface area contributed by atoms with E-state index in [9.17, 15) is 18.8 Å². The number of carbonyl (C=O) groups is 3. The lowest BCUT2D eigenvalue weighted by molar-refractivity contribution is -0.121. The zero-order valence-corrected chi connectivity index (χ0v) is 22.7. The van der Waals surface area contributed by atoms with Crippen LogP contribution in [0.15, 0.2) is 103 Å². The van der Waals surface area contributed by atoms with Crippen molar-refractivity contribution in [3.63, 3.8) is 0 Å². The molecular formula is C32H24ClFN2O5. The first-order valence-corrected chi connectivity index (χ1v) is 13.1. The van der Waals surface area contributed by atoms with Gasteiger partial charge in [-0.1, -0.05) is 60.1 Å². The van der Waals surface area contributed by atoms with Crippen molar-refractivity contribution in [2.24, 2.45) is 0 Å². The largest absolute Gasteiger partial charge is 0.490 e. The van der Waals surface area contributed by atoms with Gasteiger partial charge in [-0.05, 0) is 72.7 Å². The Morgan fingerprint density at radius 3 is 1.95 bits per heavy atom. The molecule has 41 heavy (non-hydrogen) atoms. The lowest BCUT2D eigenvalue weighted by Crippen LogP contribution is -2.57. The Labute approximate surface area is 241 Å². The number of rotatable bonds is 8. The highest BCUT2D eigenvalue weighted by Gasteiger charge is 2.43. The van der Waals surface area contributed by atoms with Crippen LogP contribution in [0.2, 0.25) is 5.02 Å². The van der Waals surface area contributed by atoms with Crippen LogP contribution in [0.5, 0.6) is 11.5 Å². The molecule has 5 rings (SSSR count). The third-order valence-corrected chi connectivity index (χ3v) is 6.47. The highest BCUT2D eigenvalue weighted by Crippen LogP contribution is 2.38. The number of benzene rings is 4. The summed E-state index contributed by atoms with van der Waals surface area (Å²) in [5.41, 5.74) is 1.36. The fourth-order valence-electron chi connectivity index (χ4n) is 4.36. The van der Waals surface area contributed by atoms with Crippen molar-refractivity contribution in [2.45, 2.75) is 13.5 Å². The minimum atomic E-state index is -0.788. The molecule has 0 bridgehead atoms. The standard InChI is InChI=1S/C32H24ClFN2O5/c1-2-40-28-19-22(18-27(33)29(28)41-20-21-10-9-11-23(34)16-21)17-26-30(37)35(24-12-5-3-6-13-24)32(39)36(31(26)38)25-14-7-4-8-15-25/h3-19H,2,20H2,1H3. The number of carbonyl (C=O) groups excluding carboxylic acids is 3. The van der Waals surface area contributed by atoms with E-state index in [1.54, 1.807) is 85.8 Å². The molecule has 1 aliphatic heterocycles. The van der Waals surface area contributed by atoms with E-state index in [4.69, 9.17) is 21.1 Å². The predicted octanol–water partition coefficient (Wildman–Crippen LogP) is 7.04. The van der Waals surface area contributed by atoms with Crippen LogP contribution in [0.1, 0.15) is 18.1 Å². The van der Waals surface area contributed by atoms with Crippen molar-refractivity contribution in [3.05, 3.63) is 125 Å². The van der Waals surface area contributed by atoms with Gasteiger partial charge in [0.05, 0.1) is 23.0 Å². The fourth-order valence-corrected chi connectivity index (χ4v) is 4.64. The molecule has 0 spiro atoms. The maximum absolute atomic E-state index is 13.6. The molecule has 0 radical (unpaired) electrons. The zero-order chi connectivity index (χ0) is 28.9. The molecule has 0 unspecified atom stereocenters. The summed E-state index contributed by atoms with van der Waals surface area (Å²) >= 11 is 6.58. The number of nitrogens with zero attached hydrogens (tertiary/aromatic N) is 2. The van der Waals surface area contributed by atoms with Crippen LogP contribution in [0.4, 0.5) is 20.6 Å². The minimum Gasteiger partial charge on any atom is -0.490 e. The van der Waals surface area contributed by atoms with Crippen molar-refractivity contribution in [1.82, 2.24) is 0 Å². The SMILES string of the molecule is CCOc1cc(C=C2C(=O)N(c3ccccc3)C(=O)N(c3ccccc3)C2=O)cc(Cl)c1OCc1cccc(F)c1. The third-order valence-electron chi connectivity index (χ3n) is 6.19. The maximum Gasteiger partial charge on any atom is 0.343 e. The first-order valence-electron chi connectivity index (χ1n) is 12.8. The second-order valence-corrected chi connectivity index (χ2v) is 9.38. The van der Waals surface area contributed by atoms with Gasteiger partial charge in [-0.15, -0.1) is 0 Å². The van der Waals surface area contributed by atoms with Crippen LogP contribution >= 0.6 is 11.6 Å². The van der Waals surface area contributed by atoms with Crippen molar-refractivity contribution in [1.29, 1.82) is 0 Å². The average molecular weight is 571 g/mol. The number of para-hydroxylation sites is 2. The molecule has 9 heteroatoms. The number of halogens is 2.